The van der Waals surface area contributed by atoms with Crippen LogP contribution in [-0.4, -0.2) is 14.8 Å². The van der Waals surface area contributed by atoms with Crippen LogP contribution in [0.1, 0.15) is 16.7 Å². The maximum absolute atomic E-state index is 13.1. The molecule has 1 aliphatic heterocycles. The van der Waals surface area contributed by atoms with Crippen molar-refractivity contribution in [3.05, 3.63) is 107 Å². The summed E-state index contributed by atoms with van der Waals surface area (Å²) >= 11 is 6.87. The SMILES string of the molecule is Cc1cccc(Cn2cc(/C=C3/SC(=S)N(c4ccccc4)C3=O)c3ccccc32)c1. The fourth-order valence-electron chi connectivity index (χ4n) is 3.94. The van der Waals surface area contributed by atoms with Gasteiger partial charge in [-0.05, 0) is 36.8 Å². The van der Waals surface area contributed by atoms with Crippen LogP contribution < -0.4 is 4.90 Å². The van der Waals surface area contributed by atoms with Gasteiger partial charge in [0, 0.05) is 29.2 Å². The number of aryl methyl sites for hydroxylation is 1. The van der Waals surface area contributed by atoms with Crippen LogP contribution in [-0.2, 0) is 11.3 Å². The zero-order chi connectivity index (χ0) is 21.4. The first kappa shape index (κ1) is 19.8. The second kappa shape index (κ2) is 8.17. The number of aromatic nitrogens is 1. The van der Waals surface area contributed by atoms with Gasteiger partial charge in [0.2, 0.25) is 0 Å². The molecule has 5 rings (SSSR count). The van der Waals surface area contributed by atoms with Crippen LogP contribution in [0.5, 0.6) is 0 Å². The number of thioether (sulfide) groups is 1. The topological polar surface area (TPSA) is 25.2 Å². The van der Waals surface area contributed by atoms with Gasteiger partial charge in [0.15, 0.2) is 4.32 Å². The number of fused-ring (bicyclic) bond motifs is 1. The van der Waals surface area contributed by atoms with Crippen LogP contribution in [0.4, 0.5) is 5.69 Å². The lowest BCUT2D eigenvalue weighted by Gasteiger charge is -2.13. The predicted octanol–water partition coefficient (Wildman–Crippen LogP) is 6.40. The Kier molecular flexibility index (Phi) is 5.22. The molecule has 2 heterocycles. The summed E-state index contributed by atoms with van der Waals surface area (Å²) < 4.78 is 2.80. The molecule has 152 valence electrons. The highest BCUT2D eigenvalue weighted by molar-refractivity contribution is 8.27. The van der Waals surface area contributed by atoms with Crippen molar-refractivity contribution in [2.75, 3.05) is 4.90 Å². The molecule has 4 aromatic rings. The van der Waals surface area contributed by atoms with Crippen molar-refractivity contribution in [3.8, 4) is 0 Å². The molecule has 0 atom stereocenters. The second-order valence-electron chi connectivity index (χ2n) is 7.57. The molecule has 0 aliphatic carbocycles. The van der Waals surface area contributed by atoms with Gasteiger partial charge in [0.05, 0.1) is 10.6 Å². The maximum atomic E-state index is 13.1. The number of amides is 1. The Balaban J connectivity index is 1.53. The van der Waals surface area contributed by atoms with E-state index in [1.54, 1.807) is 4.90 Å². The molecular formula is C26H20N2OS2. The first-order valence-electron chi connectivity index (χ1n) is 10.1. The zero-order valence-electron chi connectivity index (χ0n) is 17.0. The largest absolute Gasteiger partial charge is 0.342 e. The highest BCUT2D eigenvalue weighted by Gasteiger charge is 2.33. The monoisotopic (exact) mass is 440 g/mol. The number of anilines is 1. The van der Waals surface area contributed by atoms with Crippen LogP contribution >= 0.6 is 24.0 Å². The van der Waals surface area contributed by atoms with Gasteiger partial charge in [-0.25, -0.2) is 0 Å². The number of para-hydroxylation sites is 2. The Morgan fingerprint density at radius 3 is 2.55 bits per heavy atom. The molecule has 0 saturated carbocycles. The number of rotatable bonds is 4. The normalized spacial score (nSPS) is 15.4. The Bertz CT molecular complexity index is 1340. The molecule has 1 amide bonds. The third-order valence-electron chi connectivity index (χ3n) is 5.35. The number of thiocarbonyl (C=S) groups is 1. The van der Waals surface area contributed by atoms with Crippen molar-refractivity contribution < 1.29 is 4.79 Å². The van der Waals surface area contributed by atoms with E-state index in [-0.39, 0.29) is 5.91 Å². The molecule has 1 fully saturated rings. The summed E-state index contributed by atoms with van der Waals surface area (Å²) in [6, 6.07) is 26.4. The number of benzene rings is 3. The van der Waals surface area contributed by atoms with E-state index in [0.717, 1.165) is 28.7 Å². The average molecular weight is 441 g/mol. The summed E-state index contributed by atoms with van der Waals surface area (Å²) in [7, 11) is 0. The molecule has 0 radical (unpaired) electrons. The van der Waals surface area contributed by atoms with E-state index in [2.05, 4.69) is 54.1 Å². The fourth-order valence-corrected chi connectivity index (χ4v) is 5.23. The number of hydrogen-bond donors (Lipinski definition) is 0. The minimum Gasteiger partial charge on any atom is -0.342 e. The molecule has 0 bridgehead atoms. The third kappa shape index (κ3) is 3.82. The van der Waals surface area contributed by atoms with Gasteiger partial charge in [-0.1, -0.05) is 90.2 Å². The third-order valence-corrected chi connectivity index (χ3v) is 6.65. The second-order valence-corrected chi connectivity index (χ2v) is 9.25. The highest BCUT2D eigenvalue weighted by atomic mass is 32.2. The van der Waals surface area contributed by atoms with Crippen molar-refractivity contribution >= 4 is 56.9 Å². The number of nitrogens with zero attached hydrogens (tertiary/aromatic N) is 2. The Morgan fingerprint density at radius 1 is 0.968 bits per heavy atom. The van der Waals surface area contributed by atoms with E-state index in [9.17, 15) is 4.79 Å². The summed E-state index contributed by atoms with van der Waals surface area (Å²) in [6.45, 7) is 2.89. The van der Waals surface area contributed by atoms with Gasteiger partial charge in [-0.3, -0.25) is 9.69 Å². The summed E-state index contributed by atoms with van der Waals surface area (Å²) in [5, 5.41) is 1.13. The minimum absolute atomic E-state index is 0.0725. The van der Waals surface area contributed by atoms with Crippen molar-refractivity contribution in [1.29, 1.82) is 0 Å². The van der Waals surface area contributed by atoms with Gasteiger partial charge in [0.1, 0.15) is 0 Å². The first-order chi connectivity index (χ1) is 15.1. The minimum atomic E-state index is -0.0725. The molecule has 5 heteroatoms. The molecule has 1 saturated heterocycles. The Hall–Kier alpha value is -3.15. The summed E-state index contributed by atoms with van der Waals surface area (Å²) in [5.41, 5.74) is 5.47. The standard InChI is InChI=1S/C26H20N2OS2/c1-18-8-7-9-19(14-18)16-27-17-20(22-12-5-6-13-23(22)27)15-24-25(29)28(26(30)31-24)21-10-3-2-4-11-21/h2-15,17H,16H2,1H3/b24-15+. The molecule has 3 nitrogen and oxygen atoms in total. The van der Waals surface area contributed by atoms with E-state index in [0.29, 0.717) is 9.23 Å². The summed E-state index contributed by atoms with van der Waals surface area (Å²) in [5.74, 6) is -0.0725. The zero-order valence-corrected chi connectivity index (χ0v) is 18.6. The molecule has 3 aromatic carbocycles. The van der Waals surface area contributed by atoms with Crippen LogP contribution in [0.15, 0.2) is 90.0 Å². The van der Waals surface area contributed by atoms with Gasteiger partial charge in [0.25, 0.3) is 5.91 Å². The van der Waals surface area contributed by atoms with E-state index in [4.69, 9.17) is 12.2 Å². The van der Waals surface area contributed by atoms with Gasteiger partial charge in [-0.15, -0.1) is 0 Å². The molecule has 31 heavy (non-hydrogen) atoms. The van der Waals surface area contributed by atoms with Gasteiger partial charge >= 0.3 is 0 Å². The van der Waals surface area contributed by atoms with E-state index in [1.165, 1.54) is 22.9 Å². The summed E-state index contributed by atoms with van der Waals surface area (Å²) in [6.07, 6.45) is 4.10. The fraction of sp³-hybridized carbons (Fsp3) is 0.0769. The first-order valence-corrected chi connectivity index (χ1v) is 11.3. The molecule has 1 aromatic heterocycles. The summed E-state index contributed by atoms with van der Waals surface area (Å²) in [4.78, 5) is 15.4. The number of carbonyl (C=O) groups excluding carboxylic acids is 1. The Labute approximate surface area is 191 Å². The Morgan fingerprint density at radius 2 is 1.74 bits per heavy atom. The van der Waals surface area contributed by atoms with E-state index >= 15 is 0 Å². The van der Waals surface area contributed by atoms with Crippen molar-refractivity contribution in [2.45, 2.75) is 13.5 Å². The molecule has 0 unspecified atom stereocenters. The van der Waals surface area contributed by atoms with Crippen LogP contribution in [0, 0.1) is 6.92 Å². The lowest BCUT2D eigenvalue weighted by Crippen LogP contribution is -2.27. The van der Waals surface area contributed by atoms with Crippen LogP contribution in [0.3, 0.4) is 0 Å². The molecule has 0 spiro atoms. The number of hydrogen-bond acceptors (Lipinski definition) is 3. The van der Waals surface area contributed by atoms with E-state index < -0.39 is 0 Å². The lowest BCUT2D eigenvalue weighted by molar-refractivity contribution is -0.113. The smallest absolute Gasteiger partial charge is 0.270 e. The van der Waals surface area contributed by atoms with Crippen LogP contribution in [0.2, 0.25) is 0 Å². The number of carbonyl (C=O) groups is 1. The lowest BCUT2D eigenvalue weighted by atomic mass is 10.1. The molecule has 1 aliphatic rings. The van der Waals surface area contributed by atoms with Crippen molar-refractivity contribution in [2.24, 2.45) is 0 Å². The quantitative estimate of drug-likeness (QED) is 0.271. The maximum Gasteiger partial charge on any atom is 0.270 e. The average Bonchev–Trinajstić information content (AvgIpc) is 3.25. The van der Waals surface area contributed by atoms with Gasteiger partial charge in [-0.2, -0.15) is 0 Å². The van der Waals surface area contributed by atoms with E-state index in [1.807, 2.05) is 48.5 Å². The van der Waals surface area contributed by atoms with Crippen molar-refractivity contribution in [3.63, 3.8) is 0 Å². The molecule has 0 N–H and O–H groups in total. The predicted molar refractivity (Wildman–Crippen MR) is 134 cm³/mol. The van der Waals surface area contributed by atoms with Crippen molar-refractivity contribution in [1.82, 2.24) is 4.57 Å². The molecular weight excluding hydrogens is 420 g/mol. The highest BCUT2D eigenvalue weighted by Crippen LogP contribution is 2.37. The van der Waals surface area contributed by atoms with Gasteiger partial charge < -0.3 is 4.57 Å². The van der Waals surface area contributed by atoms with Crippen LogP contribution in [0.25, 0.3) is 17.0 Å².